The van der Waals surface area contributed by atoms with Gasteiger partial charge in [-0.2, -0.15) is 8.78 Å². The molecule has 1 N–H and O–H groups in total. The SMILES string of the molecule is Cc1ccc(NC(=O)COC(=O)c2cccnc2SC(F)F)cc1C. The molecule has 1 aromatic carbocycles. The number of amides is 1. The number of carbonyl (C=O) groups excluding carboxylic acids is 2. The summed E-state index contributed by atoms with van der Waals surface area (Å²) in [4.78, 5) is 27.6. The molecule has 0 atom stereocenters. The minimum absolute atomic E-state index is 0.105. The number of alkyl halides is 2. The number of hydrogen-bond acceptors (Lipinski definition) is 5. The van der Waals surface area contributed by atoms with Crippen molar-refractivity contribution in [3.63, 3.8) is 0 Å². The summed E-state index contributed by atoms with van der Waals surface area (Å²) in [6, 6.07) is 8.15. The highest BCUT2D eigenvalue weighted by Gasteiger charge is 2.18. The number of ether oxygens (including phenoxy) is 1. The van der Waals surface area contributed by atoms with Crippen LogP contribution in [0.4, 0.5) is 14.5 Å². The van der Waals surface area contributed by atoms with E-state index in [2.05, 4.69) is 10.3 Å². The molecule has 0 fully saturated rings. The number of thioether (sulfide) groups is 1. The Hall–Kier alpha value is -2.48. The largest absolute Gasteiger partial charge is 0.452 e. The molecule has 132 valence electrons. The summed E-state index contributed by atoms with van der Waals surface area (Å²) in [7, 11) is 0. The summed E-state index contributed by atoms with van der Waals surface area (Å²) < 4.78 is 29.9. The van der Waals surface area contributed by atoms with Crippen molar-refractivity contribution in [1.82, 2.24) is 4.98 Å². The molecule has 0 spiro atoms. The number of hydrogen-bond donors (Lipinski definition) is 1. The number of anilines is 1. The highest BCUT2D eigenvalue weighted by atomic mass is 32.2. The standard InChI is InChI=1S/C17H16F2N2O3S/c1-10-5-6-12(8-11(10)2)21-14(22)9-24-16(23)13-4-3-7-20-15(13)25-17(18)19/h3-8,17H,9H2,1-2H3,(H,21,22). The van der Waals surface area contributed by atoms with Gasteiger partial charge >= 0.3 is 5.97 Å². The average molecular weight is 366 g/mol. The van der Waals surface area contributed by atoms with Crippen molar-refractivity contribution in [2.45, 2.75) is 24.6 Å². The third kappa shape index (κ3) is 5.53. The molecule has 1 amide bonds. The predicted octanol–water partition coefficient (Wildman–Crippen LogP) is 3.81. The van der Waals surface area contributed by atoms with Crippen molar-refractivity contribution in [2.75, 3.05) is 11.9 Å². The highest BCUT2D eigenvalue weighted by Crippen LogP contribution is 2.26. The molecular formula is C17H16F2N2O3S. The maximum atomic E-state index is 12.5. The van der Waals surface area contributed by atoms with Gasteiger partial charge in [-0.05, 0) is 61.0 Å². The van der Waals surface area contributed by atoms with E-state index in [9.17, 15) is 18.4 Å². The zero-order valence-corrected chi connectivity index (χ0v) is 14.4. The Balaban J connectivity index is 1.95. The lowest BCUT2D eigenvalue weighted by molar-refractivity contribution is -0.119. The second kappa shape index (κ2) is 8.57. The molecule has 1 aromatic heterocycles. The van der Waals surface area contributed by atoms with Crippen molar-refractivity contribution in [3.8, 4) is 0 Å². The third-order valence-corrected chi connectivity index (χ3v) is 4.04. The van der Waals surface area contributed by atoms with E-state index < -0.39 is 24.2 Å². The quantitative estimate of drug-likeness (QED) is 0.622. The topological polar surface area (TPSA) is 68.3 Å². The summed E-state index contributed by atoms with van der Waals surface area (Å²) in [6.45, 7) is 3.33. The van der Waals surface area contributed by atoms with Crippen molar-refractivity contribution in [1.29, 1.82) is 0 Å². The van der Waals surface area contributed by atoms with Crippen LogP contribution in [0.5, 0.6) is 0 Å². The van der Waals surface area contributed by atoms with Crippen molar-refractivity contribution in [2.24, 2.45) is 0 Å². The number of benzene rings is 1. The van der Waals surface area contributed by atoms with Gasteiger partial charge < -0.3 is 10.1 Å². The summed E-state index contributed by atoms with van der Waals surface area (Å²) in [6.07, 6.45) is 1.30. The number of nitrogens with zero attached hydrogens (tertiary/aromatic N) is 1. The van der Waals surface area contributed by atoms with Gasteiger partial charge in [-0.25, -0.2) is 9.78 Å². The lowest BCUT2D eigenvalue weighted by atomic mass is 10.1. The number of carbonyl (C=O) groups is 2. The Morgan fingerprint density at radius 1 is 1.24 bits per heavy atom. The van der Waals surface area contributed by atoms with Crippen LogP contribution in [0.15, 0.2) is 41.6 Å². The van der Waals surface area contributed by atoms with Gasteiger partial charge in [-0.1, -0.05) is 6.07 Å². The zero-order valence-electron chi connectivity index (χ0n) is 13.6. The van der Waals surface area contributed by atoms with E-state index in [1.807, 2.05) is 19.9 Å². The molecule has 5 nitrogen and oxygen atoms in total. The molecule has 1 heterocycles. The number of esters is 1. The maximum absolute atomic E-state index is 12.5. The Labute approximate surface area is 147 Å². The number of nitrogens with one attached hydrogen (secondary N) is 1. The van der Waals surface area contributed by atoms with E-state index in [-0.39, 0.29) is 22.4 Å². The van der Waals surface area contributed by atoms with Gasteiger partial charge in [0, 0.05) is 11.9 Å². The lowest BCUT2D eigenvalue weighted by Gasteiger charge is -2.09. The summed E-state index contributed by atoms with van der Waals surface area (Å²) >= 11 is 0.147. The number of halogens is 2. The number of pyridine rings is 1. The second-order valence-electron chi connectivity index (χ2n) is 5.16. The predicted molar refractivity (Wildman–Crippen MR) is 90.9 cm³/mol. The van der Waals surface area contributed by atoms with Crippen molar-refractivity contribution < 1.29 is 23.1 Å². The molecule has 25 heavy (non-hydrogen) atoms. The van der Waals surface area contributed by atoms with Crippen molar-refractivity contribution in [3.05, 3.63) is 53.2 Å². The molecular weight excluding hydrogens is 350 g/mol. The van der Waals surface area contributed by atoms with Crippen LogP contribution in [0.3, 0.4) is 0 Å². The number of aromatic nitrogens is 1. The maximum Gasteiger partial charge on any atom is 0.341 e. The molecule has 0 saturated carbocycles. The first-order chi connectivity index (χ1) is 11.9. The van der Waals surface area contributed by atoms with Gasteiger partial charge in [-0.15, -0.1) is 0 Å². The van der Waals surface area contributed by atoms with Crippen LogP contribution in [0, 0.1) is 13.8 Å². The van der Waals surface area contributed by atoms with Gasteiger partial charge in [0.05, 0.1) is 5.56 Å². The molecule has 8 heteroatoms. The first-order valence-corrected chi connectivity index (χ1v) is 8.19. The second-order valence-corrected chi connectivity index (χ2v) is 6.14. The van der Waals surface area contributed by atoms with Gasteiger partial charge in [0.1, 0.15) is 5.03 Å². The average Bonchev–Trinajstić information content (AvgIpc) is 2.56. The molecule has 0 aliphatic rings. The number of rotatable bonds is 6. The fraction of sp³-hybridized carbons (Fsp3) is 0.235. The highest BCUT2D eigenvalue weighted by molar-refractivity contribution is 7.99. The summed E-state index contributed by atoms with van der Waals surface area (Å²) in [5, 5.41) is 2.47. The fourth-order valence-corrected chi connectivity index (χ4v) is 2.52. The Morgan fingerprint density at radius 3 is 2.68 bits per heavy atom. The minimum Gasteiger partial charge on any atom is -0.452 e. The van der Waals surface area contributed by atoms with Crippen LogP contribution in [-0.2, 0) is 9.53 Å². The van der Waals surface area contributed by atoms with Crippen molar-refractivity contribution >= 4 is 29.3 Å². The molecule has 0 unspecified atom stereocenters. The normalized spacial score (nSPS) is 10.6. The molecule has 2 aromatic rings. The van der Waals surface area contributed by atoms with Crippen LogP contribution in [-0.4, -0.2) is 29.2 Å². The smallest absolute Gasteiger partial charge is 0.341 e. The molecule has 0 radical (unpaired) electrons. The van der Waals surface area contributed by atoms with Gasteiger partial charge in [0.25, 0.3) is 11.7 Å². The Morgan fingerprint density at radius 2 is 2.00 bits per heavy atom. The zero-order chi connectivity index (χ0) is 18.4. The first-order valence-electron chi connectivity index (χ1n) is 7.31. The van der Waals surface area contributed by atoms with Crippen LogP contribution in [0.25, 0.3) is 0 Å². The van der Waals surface area contributed by atoms with Crippen LogP contribution in [0.1, 0.15) is 21.5 Å². The minimum atomic E-state index is -2.71. The van der Waals surface area contributed by atoms with E-state index in [0.717, 1.165) is 11.1 Å². The van der Waals surface area contributed by atoms with Gasteiger partial charge in [-0.3, -0.25) is 4.79 Å². The molecule has 0 bridgehead atoms. The van der Waals surface area contributed by atoms with E-state index in [1.165, 1.54) is 18.3 Å². The first kappa shape index (κ1) is 18.9. The van der Waals surface area contributed by atoms with Crippen LogP contribution in [0.2, 0.25) is 0 Å². The Kier molecular flexibility index (Phi) is 6.46. The number of aryl methyl sites for hydroxylation is 2. The van der Waals surface area contributed by atoms with Gasteiger partial charge in [0.15, 0.2) is 6.61 Å². The van der Waals surface area contributed by atoms with E-state index in [1.54, 1.807) is 12.1 Å². The van der Waals surface area contributed by atoms with E-state index in [4.69, 9.17) is 4.74 Å². The van der Waals surface area contributed by atoms with Gasteiger partial charge in [0.2, 0.25) is 0 Å². The van der Waals surface area contributed by atoms with Crippen LogP contribution >= 0.6 is 11.8 Å². The monoisotopic (exact) mass is 366 g/mol. The fourth-order valence-electron chi connectivity index (χ4n) is 1.95. The molecule has 0 aliphatic heterocycles. The molecule has 2 rings (SSSR count). The molecule has 0 saturated heterocycles. The van der Waals surface area contributed by atoms with E-state index >= 15 is 0 Å². The lowest BCUT2D eigenvalue weighted by Crippen LogP contribution is -2.21. The van der Waals surface area contributed by atoms with Crippen LogP contribution < -0.4 is 5.32 Å². The van der Waals surface area contributed by atoms with E-state index in [0.29, 0.717) is 5.69 Å². The summed E-state index contributed by atoms with van der Waals surface area (Å²) in [5.74, 6) is -4.12. The Bertz CT molecular complexity index is 784. The third-order valence-electron chi connectivity index (χ3n) is 3.32. The molecule has 0 aliphatic carbocycles. The summed E-state index contributed by atoms with van der Waals surface area (Å²) in [5.41, 5.74) is 2.58.